The lowest BCUT2D eigenvalue weighted by Crippen LogP contribution is -2.25. The molecule has 29 heavy (non-hydrogen) atoms. The molecule has 2 aromatic carbocycles. The molecule has 2 aliphatic rings. The second-order valence-corrected chi connectivity index (χ2v) is 8.55. The zero-order valence-electron chi connectivity index (χ0n) is 15.8. The zero-order chi connectivity index (χ0) is 20.6. The van der Waals surface area contributed by atoms with E-state index in [1.807, 2.05) is 12.1 Å². The number of nitrogens with one attached hydrogen (secondary N) is 2. The van der Waals surface area contributed by atoms with E-state index in [-0.39, 0.29) is 35.5 Å². The molecule has 2 aromatic rings. The van der Waals surface area contributed by atoms with Gasteiger partial charge >= 0.3 is 0 Å². The SMILES string of the molecule is CC(=O)N1CCc2cc(NC(=O)CCN=C3NS(=O)(=O)c4ccccc43)ccc21. The average Bonchev–Trinajstić information content (AvgIpc) is 3.21. The Labute approximate surface area is 168 Å². The molecule has 2 amide bonds. The smallest absolute Gasteiger partial charge is 0.263 e. The van der Waals surface area contributed by atoms with Gasteiger partial charge in [0, 0.05) is 36.8 Å². The Morgan fingerprint density at radius 2 is 2.00 bits per heavy atom. The molecule has 0 unspecified atom stereocenters. The molecule has 9 heteroatoms. The second kappa shape index (κ2) is 7.32. The maximum absolute atomic E-state index is 12.2. The number of hydrogen-bond donors (Lipinski definition) is 2. The van der Waals surface area contributed by atoms with E-state index in [4.69, 9.17) is 0 Å². The minimum atomic E-state index is -3.58. The summed E-state index contributed by atoms with van der Waals surface area (Å²) in [7, 11) is -3.58. The van der Waals surface area contributed by atoms with E-state index in [0.29, 0.717) is 17.8 Å². The first-order valence-corrected chi connectivity index (χ1v) is 10.7. The van der Waals surface area contributed by atoms with E-state index in [1.54, 1.807) is 29.2 Å². The topological polar surface area (TPSA) is 108 Å². The van der Waals surface area contributed by atoms with Crippen molar-refractivity contribution in [1.29, 1.82) is 0 Å². The molecule has 2 aliphatic heterocycles. The minimum Gasteiger partial charge on any atom is -0.326 e. The Balaban J connectivity index is 1.38. The molecule has 0 fully saturated rings. The van der Waals surface area contributed by atoms with Gasteiger partial charge in [-0.1, -0.05) is 12.1 Å². The number of amides is 2. The van der Waals surface area contributed by atoms with Crippen LogP contribution in [0.2, 0.25) is 0 Å². The van der Waals surface area contributed by atoms with Gasteiger partial charge in [-0.15, -0.1) is 0 Å². The number of carbonyl (C=O) groups is 2. The summed E-state index contributed by atoms with van der Waals surface area (Å²) in [6.07, 6.45) is 0.871. The molecule has 2 N–H and O–H groups in total. The first-order chi connectivity index (χ1) is 13.8. The molecule has 0 radical (unpaired) electrons. The maximum Gasteiger partial charge on any atom is 0.263 e. The molecule has 0 aliphatic carbocycles. The number of rotatable bonds is 4. The number of nitrogens with zero attached hydrogens (tertiary/aromatic N) is 2. The van der Waals surface area contributed by atoms with Gasteiger partial charge in [-0.2, -0.15) is 0 Å². The number of anilines is 2. The van der Waals surface area contributed by atoms with Crippen LogP contribution in [0.25, 0.3) is 0 Å². The molecule has 0 saturated carbocycles. The highest BCUT2D eigenvalue weighted by Gasteiger charge is 2.30. The summed E-state index contributed by atoms with van der Waals surface area (Å²) in [5, 5.41) is 2.83. The van der Waals surface area contributed by atoms with Crippen molar-refractivity contribution in [1.82, 2.24) is 4.72 Å². The van der Waals surface area contributed by atoms with E-state index < -0.39 is 10.0 Å². The first kappa shape index (κ1) is 19.1. The fraction of sp³-hybridized carbons (Fsp3) is 0.250. The van der Waals surface area contributed by atoms with Crippen LogP contribution in [0.3, 0.4) is 0 Å². The summed E-state index contributed by atoms with van der Waals surface area (Å²) >= 11 is 0. The fourth-order valence-corrected chi connectivity index (χ4v) is 4.80. The molecule has 0 bridgehead atoms. The summed E-state index contributed by atoms with van der Waals surface area (Å²) in [4.78, 5) is 30.0. The Morgan fingerprint density at radius 1 is 1.21 bits per heavy atom. The molecule has 0 spiro atoms. The lowest BCUT2D eigenvalue weighted by molar-refractivity contribution is -0.117. The van der Waals surface area contributed by atoms with Crippen LogP contribution in [-0.2, 0) is 26.0 Å². The average molecular weight is 412 g/mol. The van der Waals surface area contributed by atoms with Crippen molar-refractivity contribution in [2.24, 2.45) is 4.99 Å². The quantitative estimate of drug-likeness (QED) is 0.796. The second-order valence-electron chi connectivity index (χ2n) is 6.89. The highest BCUT2D eigenvalue weighted by atomic mass is 32.2. The molecule has 0 saturated heterocycles. The highest BCUT2D eigenvalue weighted by molar-refractivity contribution is 7.90. The van der Waals surface area contributed by atoms with E-state index >= 15 is 0 Å². The van der Waals surface area contributed by atoms with E-state index in [9.17, 15) is 18.0 Å². The summed E-state index contributed by atoms with van der Waals surface area (Å²) in [5.41, 5.74) is 3.09. The lowest BCUT2D eigenvalue weighted by atomic mass is 10.1. The van der Waals surface area contributed by atoms with Crippen LogP contribution in [0.4, 0.5) is 11.4 Å². The van der Waals surface area contributed by atoms with Gasteiger partial charge in [-0.05, 0) is 42.3 Å². The summed E-state index contributed by atoms with van der Waals surface area (Å²) < 4.78 is 26.5. The molecular formula is C20H20N4O4S. The van der Waals surface area contributed by atoms with Crippen molar-refractivity contribution in [3.05, 3.63) is 53.6 Å². The van der Waals surface area contributed by atoms with Crippen LogP contribution in [-0.4, -0.2) is 39.2 Å². The van der Waals surface area contributed by atoms with Crippen molar-refractivity contribution >= 4 is 39.0 Å². The van der Waals surface area contributed by atoms with Crippen molar-refractivity contribution in [3.8, 4) is 0 Å². The van der Waals surface area contributed by atoms with Crippen LogP contribution >= 0.6 is 0 Å². The summed E-state index contributed by atoms with van der Waals surface area (Å²) in [6.45, 7) is 2.34. The first-order valence-electron chi connectivity index (χ1n) is 9.23. The van der Waals surface area contributed by atoms with Gasteiger partial charge in [0.15, 0.2) is 0 Å². The Kier molecular flexibility index (Phi) is 4.83. The van der Waals surface area contributed by atoms with Gasteiger partial charge in [0.05, 0.1) is 11.4 Å². The number of sulfonamides is 1. The predicted molar refractivity (Wildman–Crippen MR) is 110 cm³/mol. The van der Waals surface area contributed by atoms with E-state index in [1.165, 1.54) is 13.0 Å². The minimum absolute atomic E-state index is 0.00348. The maximum atomic E-state index is 12.2. The number of amidine groups is 1. The fourth-order valence-electron chi connectivity index (χ4n) is 3.55. The molecule has 150 valence electrons. The number of aliphatic imine (C=N–C) groups is 1. The molecule has 2 heterocycles. The van der Waals surface area contributed by atoms with Crippen molar-refractivity contribution < 1.29 is 18.0 Å². The van der Waals surface area contributed by atoms with Crippen LogP contribution in [0, 0.1) is 0 Å². The normalized spacial score (nSPS) is 17.6. The van der Waals surface area contributed by atoms with Gasteiger partial charge in [0.1, 0.15) is 5.84 Å². The molecule has 0 atom stereocenters. The monoisotopic (exact) mass is 412 g/mol. The number of hydrogen-bond acceptors (Lipinski definition) is 5. The molecule has 0 aromatic heterocycles. The highest BCUT2D eigenvalue weighted by Crippen LogP contribution is 2.30. The number of carbonyl (C=O) groups excluding carboxylic acids is 2. The third-order valence-electron chi connectivity index (χ3n) is 4.91. The molecular weight excluding hydrogens is 392 g/mol. The Bertz CT molecular complexity index is 1140. The summed E-state index contributed by atoms with van der Waals surface area (Å²) in [6, 6.07) is 12.1. The zero-order valence-corrected chi connectivity index (χ0v) is 16.6. The number of benzene rings is 2. The third-order valence-corrected chi connectivity index (χ3v) is 6.31. The van der Waals surface area contributed by atoms with Crippen LogP contribution < -0.4 is 14.9 Å². The van der Waals surface area contributed by atoms with Gasteiger partial charge < -0.3 is 10.2 Å². The molecule has 8 nitrogen and oxygen atoms in total. The van der Waals surface area contributed by atoms with Gasteiger partial charge in [-0.25, -0.2) is 8.42 Å². The summed E-state index contributed by atoms with van der Waals surface area (Å²) in [5.74, 6) is 0.0453. The van der Waals surface area contributed by atoms with Crippen LogP contribution in [0.1, 0.15) is 24.5 Å². The van der Waals surface area contributed by atoms with Gasteiger partial charge in [0.25, 0.3) is 10.0 Å². The van der Waals surface area contributed by atoms with E-state index in [2.05, 4.69) is 15.0 Å². The van der Waals surface area contributed by atoms with Crippen molar-refractivity contribution in [2.45, 2.75) is 24.7 Å². The van der Waals surface area contributed by atoms with Gasteiger partial charge in [0.2, 0.25) is 11.8 Å². The van der Waals surface area contributed by atoms with Crippen molar-refractivity contribution in [2.75, 3.05) is 23.3 Å². The number of fused-ring (bicyclic) bond motifs is 2. The lowest BCUT2D eigenvalue weighted by Gasteiger charge is -2.15. The Morgan fingerprint density at radius 3 is 2.79 bits per heavy atom. The third kappa shape index (κ3) is 3.73. The van der Waals surface area contributed by atoms with Crippen LogP contribution in [0.5, 0.6) is 0 Å². The standard InChI is InChI=1S/C20H20N4O4S/c1-13(25)24-11-9-14-12-15(6-7-17(14)24)22-19(26)8-10-21-20-16-4-2-3-5-18(16)29(27,28)23-20/h2-7,12H,8-11H2,1H3,(H,21,23)(H,22,26). The molecule has 4 rings (SSSR count). The van der Waals surface area contributed by atoms with Crippen LogP contribution in [0.15, 0.2) is 52.4 Å². The van der Waals surface area contributed by atoms with E-state index in [0.717, 1.165) is 17.7 Å². The van der Waals surface area contributed by atoms with Gasteiger partial charge in [-0.3, -0.25) is 19.3 Å². The van der Waals surface area contributed by atoms with Crippen molar-refractivity contribution in [3.63, 3.8) is 0 Å². The Hall–Kier alpha value is -3.20. The largest absolute Gasteiger partial charge is 0.326 e. The predicted octanol–water partition coefficient (Wildman–Crippen LogP) is 1.66.